The molecule has 0 spiro atoms. The Kier molecular flexibility index (Phi) is 25.0. The summed E-state index contributed by atoms with van der Waals surface area (Å²) in [7, 11) is -20.7. The van der Waals surface area contributed by atoms with E-state index in [-0.39, 0.29) is 148 Å². The van der Waals surface area contributed by atoms with Crippen LogP contribution in [0.4, 0.5) is 0 Å². The fraction of sp³-hybridized carbons (Fsp3) is 0.500. The van der Waals surface area contributed by atoms with E-state index in [0.29, 0.717) is 0 Å². The number of hydrogen-bond acceptors (Lipinski definition) is 13. The van der Waals surface area contributed by atoms with Gasteiger partial charge in [-0.2, -0.15) is 0 Å². The molecule has 0 aliphatic heterocycles. The molecule has 0 rings (SSSR count). The second-order valence-electron chi connectivity index (χ2n) is 3.06. The molecule has 0 aliphatic carbocycles. The third kappa shape index (κ3) is 9.56. The van der Waals surface area contributed by atoms with Gasteiger partial charge in [0.05, 0.1) is 11.9 Å². The molecule has 0 saturated carbocycles. The van der Waals surface area contributed by atoms with Crippen LogP contribution in [-0.2, 0) is 39.9 Å². The molecular formula is C4HNa5O13S3. The van der Waals surface area contributed by atoms with E-state index < -0.39 is 51.6 Å². The molecule has 0 heterocycles. The molecule has 118 valence electrons. The summed E-state index contributed by atoms with van der Waals surface area (Å²) in [6, 6.07) is 0. The fourth-order valence-corrected chi connectivity index (χ4v) is 5.41. The van der Waals surface area contributed by atoms with Crippen molar-refractivity contribution in [3.8, 4) is 0 Å². The predicted octanol–water partition coefficient (Wildman–Crippen LogP) is -21.8. The third-order valence-corrected chi connectivity index (χ3v) is 6.81. The average Bonchev–Trinajstić information content (AvgIpc) is 2.05. The van der Waals surface area contributed by atoms with Crippen molar-refractivity contribution in [2.24, 2.45) is 0 Å². The number of carbonyl (C=O) groups is 2. The van der Waals surface area contributed by atoms with Gasteiger partial charge in [0.2, 0.25) is 4.08 Å². The molecule has 0 fully saturated rings. The van der Waals surface area contributed by atoms with E-state index in [0.717, 1.165) is 0 Å². The van der Waals surface area contributed by atoms with Gasteiger partial charge in [-0.3, -0.25) is 0 Å². The van der Waals surface area contributed by atoms with Crippen LogP contribution in [0, 0.1) is 0 Å². The molecule has 0 saturated heterocycles. The molecule has 0 aliphatic rings. The van der Waals surface area contributed by atoms with Gasteiger partial charge in [0, 0.05) is 0 Å². The Balaban J connectivity index is -0.000000180. The Hall–Kier alpha value is 3.67. The van der Waals surface area contributed by atoms with Gasteiger partial charge in [-0.1, -0.05) is 0 Å². The first-order valence-corrected chi connectivity index (χ1v) is 8.08. The smallest absolute Gasteiger partial charge is 0.747 e. The molecule has 1 atom stereocenters. The zero-order valence-electron chi connectivity index (χ0n) is 13.6. The van der Waals surface area contributed by atoms with Crippen molar-refractivity contribution in [3.63, 3.8) is 0 Å². The quantitative estimate of drug-likeness (QED) is 0.259. The van der Waals surface area contributed by atoms with E-state index in [1.165, 1.54) is 0 Å². The summed E-state index contributed by atoms with van der Waals surface area (Å²) in [5.41, 5.74) is 0. The molecule has 0 aromatic carbocycles. The number of aliphatic carboxylic acids is 2. The minimum Gasteiger partial charge on any atom is -0.747 e. The Morgan fingerprint density at radius 2 is 0.920 bits per heavy atom. The van der Waals surface area contributed by atoms with Gasteiger partial charge in [0.25, 0.3) is 0 Å². The number of hydrogen-bond donors (Lipinski definition) is 0. The third-order valence-electron chi connectivity index (χ3n) is 1.88. The van der Waals surface area contributed by atoms with E-state index >= 15 is 0 Å². The summed E-state index contributed by atoms with van der Waals surface area (Å²) in [5.74, 6) is -7.11. The molecule has 21 heteroatoms. The van der Waals surface area contributed by atoms with Gasteiger partial charge in [-0.25, -0.2) is 25.3 Å². The monoisotopic (exact) mass is 468 g/mol. The average molecular weight is 468 g/mol. The van der Waals surface area contributed by atoms with Crippen LogP contribution < -0.4 is 158 Å². The van der Waals surface area contributed by atoms with Gasteiger partial charge >= 0.3 is 148 Å². The second-order valence-corrected chi connectivity index (χ2v) is 7.87. The van der Waals surface area contributed by atoms with E-state index in [9.17, 15) is 58.7 Å². The summed E-state index contributed by atoms with van der Waals surface area (Å²) in [6.45, 7) is 0. The molecule has 0 aromatic heterocycles. The normalized spacial score (nSPS) is 12.4. The first kappa shape index (κ1) is 42.7. The van der Waals surface area contributed by atoms with Gasteiger partial charge in [-0.15, -0.1) is 0 Å². The number of rotatable bonds is 6. The maximum Gasteiger partial charge on any atom is 1.00 e. The van der Waals surface area contributed by atoms with Crippen LogP contribution in [0.2, 0.25) is 0 Å². The topological polar surface area (TPSA) is 252 Å². The van der Waals surface area contributed by atoms with Crippen molar-refractivity contribution in [1.82, 2.24) is 0 Å². The van der Waals surface area contributed by atoms with Crippen molar-refractivity contribution < 1.29 is 207 Å². The van der Waals surface area contributed by atoms with Crippen molar-refractivity contribution >= 4 is 42.3 Å². The van der Waals surface area contributed by atoms with Crippen LogP contribution >= 0.6 is 0 Å². The number of carboxylic acid groups (broad SMARTS) is 2. The van der Waals surface area contributed by atoms with Crippen LogP contribution in [0.3, 0.4) is 0 Å². The van der Waals surface area contributed by atoms with E-state index in [2.05, 4.69) is 0 Å². The standard InChI is InChI=1S/C4H6O13S3.5Na/c5-2(6)1(18(9,10)11)4(3(7)8,19(12,13)14)20(15,16)17;;;;;/h1H,(H,5,6)(H,7,8)(H,9,10,11)(H,12,13,14)(H,15,16,17);;;;;/q;5*+1/p-5. The van der Waals surface area contributed by atoms with Gasteiger partial charge < -0.3 is 33.5 Å². The van der Waals surface area contributed by atoms with Crippen molar-refractivity contribution in [2.75, 3.05) is 0 Å². The van der Waals surface area contributed by atoms with Gasteiger partial charge in [0.15, 0.2) is 0 Å². The fourth-order valence-electron chi connectivity index (χ4n) is 1.16. The van der Waals surface area contributed by atoms with E-state index in [1.807, 2.05) is 0 Å². The minimum absolute atomic E-state index is 0. The summed E-state index contributed by atoms with van der Waals surface area (Å²) in [6.07, 6.45) is 0. The molecular weight excluding hydrogens is 467 g/mol. The largest absolute Gasteiger partial charge is 1.00 e. The SMILES string of the molecule is O=C([O-])C(C(C(=O)[O-])(S(=O)(=O)[O-])S(=O)(=O)[O-])S(=O)(=O)[O-].[Na+].[Na+].[Na+].[Na+].[Na+]. The minimum atomic E-state index is -7.02. The summed E-state index contributed by atoms with van der Waals surface area (Å²) < 4.78 is 90.1. The van der Waals surface area contributed by atoms with Gasteiger partial charge in [-0.05, 0) is 0 Å². The van der Waals surface area contributed by atoms with Crippen LogP contribution in [0.1, 0.15) is 0 Å². The zero-order chi connectivity index (χ0) is 16.7. The molecule has 25 heavy (non-hydrogen) atoms. The summed E-state index contributed by atoms with van der Waals surface area (Å²) >= 11 is 0. The molecule has 0 amide bonds. The zero-order valence-corrected chi connectivity index (χ0v) is 26.1. The molecule has 0 N–H and O–H groups in total. The molecule has 1 unspecified atom stereocenters. The molecule has 0 radical (unpaired) electrons. The second kappa shape index (κ2) is 14.6. The van der Waals surface area contributed by atoms with Gasteiger partial charge in [0.1, 0.15) is 35.6 Å². The van der Waals surface area contributed by atoms with Crippen molar-refractivity contribution in [2.45, 2.75) is 9.33 Å². The Labute approximate surface area is 253 Å². The Morgan fingerprint density at radius 1 is 0.680 bits per heavy atom. The number of carboxylic acids is 2. The first-order chi connectivity index (χ1) is 8.51. The summed E-state index contributed by atoms with van der Waals surface area (Å²) in [4.78, 5) is 20.9. The van der Waals surface area contributed by atoms with Crippen molar-refractivity contribution in [3.05, 3.63) is 0 Å². The maximum atomic E-state index is 10.7. The van der Waals surface area contributed by atoms with Crippen LogP contribution in [0.15, 0.2) is 0 Å². The molecule has 0 bridgehead atoms. The first-order valence-electron chi connectivity index (χ1n) is 3.79. The van der Waals surface area contributed by atoms with Crippen LogP contribution in [0.5, 0.6) is 0 Å². The maximum absolute atomic E-state index is 10.7. The van der Waals surface area contributed by atoms with E-state index in [4.69, 9.17) is 0 Å². The molecule has 13 nitrogen and oxygen atoms in total. The predicted molar refractivity (Wildman–Crippen MR) is 45.6 cm³/mol. The van der Waals surface area contributed by atoms with Crippen LogP contribution in [-0.4, -0.2) is 60.2 Å². The Morgan fingerprint density at radius 3 is 0.960 bits per heavy atom. The summed E-state index contributed by atoms with van der Waals surface area (Å²) in [5, 5.41) is 16.4. The number of carbonyl (C=O) groups excluding carboxylic acids is 2. The Bertz CT molecular complexity index is 721. The van der Waals surface area contributed by atoms with Crippen LogP contribution in [0.25, 0.3) is 0 Å². The molecule has 0 aromatic rings. The van der Waals surface area contributed by atoms with E-state index in [1.54, 1.807) is 0 Å². The van der Waals surface area contributed by atoms with Crippen molar-refractivity contribution in [1.29, 1.82) is 0 Å².